The highest BCUT2D eigenvalue weighted by molar-refractivity contribution is 7.09. The molecule has 0 saturated carbocycles. The van der Waals surface area contributed by atoms with Crippen molar-refractivity contribution in [1.82, 2.24) is 5.32 Å². The molecule has 0 amide bonds. The summed E-state index contributed by atoms with van der Waals surface area (Å²) in [6, 6.07) is 10.0. The van der Waals surface area contributed by atoms with Gasteiger partial charge in [-0.1, -0.05) is 12.1 Å². The van der Waals surface area contributed by atoms with Crippen molar-refractivity contribution >= 4 is 11.3 Å². The van der Waals surface area contributed by atoms with Gasteiger partial charge in [-0.2, -0.15) is 0 Å². The molecule has 114 valence electrons. The molecule has 2 aromatic rings. The molecule has 5 heteroatoms. The first-order valence-electron chi connectivity index (χ1n) is 6.85. The quantitative estimate of drug-likeness (QED) is 0.723. The molecule has 0 spiro atoms. The first-order valence-corrected chi connectivity index (χ1v) is 7.73. The fraction of sp³-hybridized carbons (Fsp3) is 0.375. The van der Waals surface area contributed by atoms with Crippen LogP contribution in [0.4, 0.5) is 0 Å². The van der Waals surface area contributed by atoms with E-state index in [4.69, 9.17) is 14.2 Å². The van der Waals surface area contributed by atoms with Crippen molar-refractivity contribution in [3.8, 4) is 11.5 Å². The molecule has 0 bridgehead atoms. The Morgan fingerprint density at radius 2 is 2.10 bits per heavy atom. The first kappa shape index (κ1) is 15.8. The van der Waals surface area contributed by atoms with Crippen LogP contribution in [0.5, 0.6) is 11.5 Å². The van der Waals surface area contributed by atoms with Gasteiger partial charge in [0.25, 0.3) is 0 Å². The third-order valence-corrected chi connectivity index (χ3v) is 3.87. The molecule has 0 aliphatic rings. The maximum Gasteiger partial charge on any atom is 0.128 e. The molecule has 1 aromatic carbocycles. The summed E-state index contributed by atoms with van der Waals surface area (Å²) in [4.78, 5) is 1.20. The van der Waals surface area contributed by atoms with E-state index in [1.807, 2.05) is 24.3 Å². The third kappa shape index (κ3) is 5.04. The predicted octanol–water partition coefficient (Wildman–Crippen LogP) is 3.07. The number of hydrogen-bond donors (Lipinski definition) is 1. The molecule has 1 N–H and O–H groups in total. The summed E-state index contributed by atoms with van der Waals surface area (Å²) in [6.45, 7) is 2.83. The zero-order valence-electron chi connectivity index (χ0n) is 12.4. The van der Waals surface area contributed by atoms with Gasteiger partial charge >= 0.3 is 0 Å². The van der Waals surface area contributed by atoms with Crippen molar-refractivity contribution in [1.29, 1.82) is 0 Å². The van der Waals surface area contributed by atoms with E-state index in [2.05, 4.69) is 16.8 Å². The van der Waals surface area contributed by atoms with Crippen LogP contribution in [-0.4, -0.2) is 27.4 Å². The van der Waals surface area contributed by atoms with Crippen LogP contribution in [0.1, 0.15) is 10.4 Å². The normalized spacial score (nSPS) is 10.6. The minimum atomic E-state index is 0.579. The Morgan fingerprint density at radius 3 is 2.81 bits per heavy atom. The van der Waals surface area contributed by atoms with Crippen LogP contribution in [-0.2, 0) is 17.9 Å². The minimum absolute atomic E-state index is 0.579. The van der Waals surface area contributed by atoms with E-state index in [0.717, 1.165) is 30.2 Å². The van der Waals surface area contributed by atoms with Gasteiger partial charge in [-0.15, -0.1) is 11.3 Å². The monoisotopic (exact) mass is 307 g/mol. The summed E-state index contributed by atoms with van der Waals surface area (Å²) >= 11 is 1.69. The fourth-order valence-corrected chi connectivity index (χ4v) is 2.50. The Labute approximate surface area is 129 Å². The highest BCUT2D eigenvalue weighted by Gasteiger charge is 2.07. The largest absolute Gasteiger partial charge is 0.497 e. The standard InChI is InChI=1S/C16H21NO3S/c1-18-8-7-17-11-13-5-6-14(19-2)10-16(13)20-12-15-4-3-9-21-15/h3-6,9-10,17H,7-8,11-12H2,1-2H3. The molecule has 0 unspecified atom stereocenters. The van der Waals surface area contributed by atoms with Gasteiger partial charge in [-0.05, 0) is 17.5 Å². The summed E-state index contributed by atoms with van der Waals surface area (Å²) in [5, 5.41) is 5.38. The van der Waals surface area contributed by atoms with Crippen LogP contribution < -0.4 is 14.8 Å². The number of rotatable bonds is 9. The Morgan fingerprint density at radius 1 is 1.19 bits per heavy atom. The van der Waals surface area contributed by atoms with Crippen LogP contribution in [0.3, 0.4) is 0 Å². The number of ether oxygens (including phenoxy) is 3. The lowest BCUT2D eigenvalue weighted by Gasteiger charge is -2.13. The third-order valence-electron chi connectivity index (χ3n) is 3.02. The summed E-state index contributed by atoms with van der Waals surface area (Å²) in [5.41, 5.74) is 1.11. The topological polar surface area (TPSA) is 39.7 Å². The van der Waals surface area contributed by atoms with Crippen LogP contribution >= 0.6 is 11.3 Å². The van der Waals surface area contributed by atoms with Crippen molar-refractivity contribution in [3.63, 3.8) is 0 Å². The lowest BCUT2D eigenvalue weighted by atomic mass is 10.2. The van der Waals surface area contributed by atoms with Gasteiger partial charge in [0, 0.05) is 36.7 Å². The van der Waals surface area contributed by atoms with Crippen LogP contribution in [0.15, 0.2) is 35.7 Å². The molecule has 0 aliphatic heterocycles. The van der Waals surface area contributed by atoms with Crippen molar-refractivity contribution < 1.29 is 14.2 Å². The Hall–Kier alpha value is -1.56. The second-order valence-electron chi connectivity index (χ2n) is 4.51. The van der Waals surface area contributed by atoms with Gasteiger partial charge in [0.2, 0.25) is 0 Å². The number of thiophene rings is 1. The first-order chi connectivity index (χ1) is 10.3. The molecule has 0 saturated heterocycles. The maximum atomic E-state index is 5.94. The molecular formula is C16H21NO3S. The number of hydrogen-bond acceptors (Lipinski definition) is 5. The van der Waals surface area contributed by atoms with Gasteiger partial charge in [0.15, 0.2) is 0 Å². The van der Waals surface area contributed by atoms with Crippen LogP contribution in [0.2, 0.25) is 0 Å². The summed E-state index contributed by atoms with van der Waals surface area (Å²) < 4.78 is 16.2. The number of methoxy groups -OCH3 is 2. The highest BCUT2D eigenvalue weighted by atomic mass is 32.1. The van der Waals surface area contributed by atoms with E-state index >= 15 is 0 Å². The van der Waals surface area contributed by atoms with E-state index in [9.17, 15) is 0 Å². The number of benzene rings is 1. The Kier molecular flexibility index (Phi) is 6.53. The van der Waals surface area contributed by atoms with E-state index < -0.39 is 0 Å². The van der Waals surface area contributed by atoms with E-state index in [1.54, 1.807) is 25.6 Å². The van der Waals surface area contributed by atoms with Gasteiger partial charge in [0.1, 0.15) is 18.1 Å². The predicted molar refractivity (Wildman–Crippen MR) is 85.2 cm³/mol. The Balaban J connectivity index is 2.00. The summed E-state index contributed by atoms with van der Waals surface area (Å²) in [5.74, 6) is 1.66. The van der Waals surface area contributed by atoms with Crippen LogP contribution in [0, 0.1) is 0 Å². The molecule has 1 aromatic heterocycles. The molecule has 21 heavy (non-hydrogen) atoms. The van der Waals surface area contributed by atoms with Crippen molar-refractivity contribution in [2.45, 2.75) is 13.2 Å². The molecule has 0 atom stereocenters. The second-order valence-corrected chi connectivity index (χ2v) is 5.54. The fourth-order valence-electron chi connectivity index (χ4n) is 1.88. The van der Waals surface area contributed by atoms with E-state index in [0.29, 0.717) is 13.2 Å². The summed E-state index contributed by atoms with van der Waals surface area (Å²) in [6.07, 6.45) is 0. The Bertz CT molecular complexity index is 528. The van der Waals surface area contributed by atoms with Gasteiger partial charge in [-0.25, -0.2) is 0 Å². The lowest BCUT2D eigenvalue weighted by Crippen LogP contribution is -2.19. The maximum absolute atomic E-state index is 5.94. The smallest absolute Gasteiger partial charge is 0.128 e. The second kappa shape index (κ2) is 8.67. The lowest BCUT2D eigenvalue weighted by molar-refractivity contribution is 0.199. The zero-order valence-corrected chi connectivity index (χ0v) is 13.2. The van der Waals surface area contributed by atoms with Gasteiger partial charge in [0.05, 0.1) is 13.7 Å². The SMILES string of the molecule is COCCNCc1ccc(OC)cc1OCc1cccs1. The highest BCUT2D eigenvalue weighted by Crippen LogP contribution is 2.26. The van der Waals surface area contributed by atoms with E-state index in [-0.39, 0.29) is 0 Å². The van der Waals surface area contributed by atoms with Crippen molar-refractivity contribution in [2.75, 3.05) is 27.4 Å². The van der Waals surface area contributed by atoms with E-state index in [1.165, 1.54) is 4.88 Å². The molecule has 0 fully saturated rings. The van der Waals surface area contributed by atoms with Crippen LogP contribution in [0.25, 0.3) is 0 Å². The van der Waals surface area contributed by atoms with Gasteiger partial charge in [-0.3, -0.25) is 0 Å². The van der Waals surface area contributed by atoms with Crippen molar-refractivity contribution in [2.24, 2.45) is 0 Å². The molecule has 0 aliphatic carbocycles. The average molecular weight is 307 g/mol. The van der Waals surface area contributed by atoms with Gasteiger partial charge < -0.3 is 19.5 Å². The molecule has 4 nitrogen and oxygen atoms in total. The van der Waals surface area contributed by atoms with Crippen molar-refractivity contribution in [3.05, 3.63) is 46.2 Å². The molecular weight excluding hydrogens is 286 g/mol. The minimum Gasteiger partial charge on any atom is -0.497 e. The average Bonchev–Trinajstić information content (AvgIpc) is 3.03. The molecule has 1 heterocycles. The summed E-state index contributed by atoms with van der Waals surface area (Å²) in [7, 11) is 3.36. The molecule has 2 rings (SSSR count). The zero-order chi connectivity index (χ0) is 14.9. The molecule has 0 radical (unpaired) electrons. The number of nitrogens with one attached hydrogen (secondary N) is 1.